The van der Waals surface area contributed by atoms with Gasteiger partial charge in [-0.3, -0.25) is 28.8 Å². The van der Waals surface area contributed by atoms with Gasteiger partial charge in [0.05, 0.1) is 48.7 Å². The fraction of sp³-hybridized carbons (Fsp3) is 0.364. The van der Waals surface area contributed by atoms with Crippen LogP contribution in [-0.4, -0.2) is 90.6 Å². The van der Waals surface area contributed by atoms with Crippen molar-refractivity contribution in [1.29, 1.82) is 0 Å². The zero-order valence-electron chi connectivity index (χ0n) is 26.4. The predicted octanol–water partition coefficient (Wildman–Crippen LogP) is 4.13. The number of Topliss-reactive ketones (excluding diaryl/α,β-unsaturated/α-hetero) is 1. The van der Waals surface area contributed by atoms with E-state index < -0.39 is 6.10 Å². The molecule has 2 aromatic heterocycles. The molecule has 1 N–H and O–H groups in total. The van der Waals surface area contributed by atoms with Crippen LogP contribution in [0.25, 0.3) is 11.0 Å². The van der Waals surface area contributed by atoms with Crippen molar-refractivity contribution < 1.29 is 28.6 Å². The lowest BCUT2D eigenvalue weighted by Gasteiger charge is -2.31. The van der Waals surface area contributed by atoms with Gasteiger partial charge in [0.2, 0.25) is 11.8 Å². The van der Waals surface area contributed by atoms with Crippen molar-refractivity contribution in [2.75, 3.05) is 52.3 Å². The first kappa shape index (κ1) is 34.1. The van der Waals surface area contributed by atoms with Crippen molar-refractivity contribution in [2.45, 2.75) is 32.1 Å². The molecule has 248 valence electrons. The van der Waals surface area contributed by atoms with Crippen molar-refractivity contribution in [1.82, 2.24) is 24.8 Å². The number of aromatic nitrogens is 3. The molecule has 1 aliphatic rings. The third kappa shape index (κ3) is 8.02. The molecule has 3 heterocycles. The van der Waals surface area contributed by atoms with Crippen molar-refractivity contribution in [3.63, 3.8) is 0 Å². The number of likely N-dealkylation sites (N-methyl/N-ethyl adjacent to an activating group) is 1. The molecule has 0 bridgehead atoms. The molecule has 14 heteroatoms. The van der Waals surface area contributed by atoms with Gasteiger partial charge in [-0.1, -0.05) is 35.3 Å². The second kappa shape index (κ2) is 15.6. The van der Waals surface area contributed by atoms with Crippen LogP contribution in [0.2, 0.25) is 10.0 Å². The van der Waals surface area contributed by atoms with Crippen LogP contribution < -0.4 is 19.7 Å². The van der Waals surface area contributed by atoms with Crippen molar-refractivity contribution >= 4 is 57.5 Å². The third-order valence-electron chi connectivity index (χ3n) is 7.92. The largest absolute Gasteiger partial charge is 0.486 e. The Morgan fingerprint density at radius 3 is 2.68 bits per heavy atom. The Bertz CT molecular complexity index is 1750. The van der Waals surface area contributed by atoms with Crippen molar-refractivity contribution in [3.05, 3.63) is 76.0 Å². The van der Waals surface area contributed by atoms with E-state index in [4.69, 9.17) is 37.4 Å². The zero-order valence-corrected chi connectivity index (χ0v) is 27.9. The molecule has 2 aromatic carbocycles. The summed E-state index contributed by atoms with van der Waals surface area (Å²) < 4.78 is 19.2. The molecule has 0 spiro atoms. The lowest BCUT2D eigenvalue weighted by atomic mass is 10.1. The molecule has 0 saturated carbocycles. The summed E-state index contributed by atoms with van der Waals surface area (Å²) in [5.41, 5.74) is 3.19. The number of amides is 2. The van der Waals surface area contributed by atoms with Crippen molar-refractivity contribution in [3.8, 4) is 11.8 Å². The summed E-state index contributed by atoms with van der Waals surface area (Å²) in [6.45, 7) is 1.81. The molecule has 0 radical (unpaired) electrons. The Morgan fingerprint density at radius 1 is 1.11 bits per heavy atom. The second-order valence-corrected chi connectivity index (χ2v) is 11.8. The number of methoxy groups -OCH3 is 1. The van der Waals surface area contributed by atoms with Gasteiger partial charge in [0.1, 0.15) is 29.8 Å². The van der Waals surface area contributed by atoms with Crippen LogP contribution in [0.4, 0.5) is 5.69 Å². The van der Waals surface area contributed by atoms with Gasteiger partial charge in [0, 0.05) is 56.8 Å². The normalized spacial score (nSPS) is 15.0. The molecule has 1 atom stereocenters. The molecule has 47 heavy (non-hydrogen) atoms. The molecule has 1 fully saturated rings. The highest BCUT2D eigenvalue weighted by molar-refractivity contribution is 6.38. The number of pyridine rings is 1. The van der Waals surface area contributed by atoms with Gasteiger partial charge < -0.3 is 24.4 Å². The van der Waals surface area contributed by atoms with Crippen LogP contribution in [-0.2, 0) is 32.3 Å². The van der Waals surface area contributed by atoms with Gasteiger partial charge in [0.25, 0.3) is 6.01 Å². The van der Waals surface area contributed by atoms with Gasteiger partial charge in [0.15, 0.2) is 0 Å². The smallest absolute Gasteiger partial charge is 0.297 e. The highest BCUT2D eigenvalue weighted by Crippen LogP contribution is 2.36. The molecule has 12 nitrogen and oxygen atoms in total. The first-order chi connectivity index (χ1) is 22.7. The molecular weight excluding hydrogens is 647 g/mol. The molecule has 4 aromatic rings. The van der Waals surface area contributed by atoms with Crippen LogP contribution >= 0.6 is 23.2 Å². The number of nitrogens with one attached hydrogen (secondary N) is 1. The number of benzene rings is 2. The Labute approximate surface area is 282 Å². The second-order valence-electron chi connectivity index (χ2n) is 11.0. The molecule has 1 saturated heterocycles. The fourth-order valence-electron chi connectivity index (χ4n) is 5.35. The number of morpholine rings is 1. The lowest BCUT2D eigenvalue weighted by molar-refractivity contribution is -0.139. The molecular formula is C33H36Cl2N6O6. The predicted molar refractivity (Wildman–Crippen MR) is 178 cm³/mol. The quantitative estimate of drug-likeness (QED) is 0.221. The monoisotopic (exact) mass is 682 g/mol. The van der Waals surface area contributed by atoms with E-state index in [1.165, 1.54) is 4.90 Å². The van der Waals surface area contributed by atoms with Crippen LogP contribution in [0.3, 0.4) is 0 Å². The first-order valence-electron chi connectivity index (χ1n) is 15.1. The number of carbonyl (C=O) groups excluding carboxylic acids is 3. The van der Waals surface area contributed by atoms with E-state index in [-0.39, 0.29) is 48.6 Å². The maximum absolute atomic E-state index is 13.1. The number of nitrogens with zero attached hydrogens (tertiary/aromatic N) is 5. The summed E-state index contributed by atoms with van der Waals surface area (Å²) in [6, 6.07) is 15.0. The zero-order chi connectivity index (χ0) is 33.5. The van der Waals surface area contributed by atoms with Gasteiger partial charge in [-0.25, -0.2) is 0 Å². The van der Waals surface area contributed by atoms with Crippen molar-refractivity contribution in [2.24, 2.45) is 0 Å². The van der Waals surface area contributed by atoms with E-state index in [2.05, 4.69) is 15.3 Å². The summed E-state index contributed by atoms with van der Waals surface area (Å²) in [6.07, 6.45) is 1.16. The summed E-state index contributed by atoms with van der Waals surface area (Å²) in [5.74, 6) is -0.111. The number of rotatable bonds is 13. The standard InChI is InChI=1S/C33H36Cl2N6O6/c1-36-32(44)28-19-40(15-16-46-28)18-22(42)10-13-29(43)39(2)25-12-11-24(34)23(30(25)35)20-47-27-9-6-8-26-31(27)38-33(45-3)41(26)17-21-7-4-5-14-37-21/h4-9,11-12,14,28H,10,13,15-20H2,1-3H3,(H,36,44). The Hall–Kier alpha value is -4.23. The van der Waals surface area contributed by atoms with E-state index in [9.17, 15) is 14.4 Å². The number of carbonyl (C=O) groups is 3. The van der Waals surface area contributed by atoms with E-state index >= 15 is 0 Å². The minimum absolute atomic E-state index is 0.00563. The third-order valence-corrected chi connectivity index (χ3v) is 8.69. The number of hydrogen-bond donors (Lipinski definition) is 1. The summed E-state index contributed by atoms with van der Waals surface area (Å²) >= 11 is 13.3. The Morgan fingerprint density at radius 2 is 1.94 bits per heavy atom. The lowest BCUT2D eigenvalue weighted by Crippen LogP contribution is -2.50. The summed E-state index contributed by atoms with van der Waals surface area (Å²) in [4.78, 5) is 50.1. The Kier molecular flexibility index (Phi) is 11.3. The topological polar surface area (TPSA) is 128 Å². The average molecular weight is 684 g/mol. The maximum atomic E-state index is 13.1. The summed E-state index contributed by atoms with van der Waals surface area (Å²) in [7, 11) is 4.70. The van der Waals surface area contributed by atoms with Gasteiger partial charge in [-0.05, 0) is 36.4 Å². The molecule has 0 aliphatic carbocycles. The fourth-order valence-corrected chi connectivity index (χ4v) is 5.95. The van der Waals surface area contributed by atoms with E-state index in [0.29, 0.717) is 59.8 Å². The van der Waals surface area contributed by atoms with Crippen LogP contribution in [0.5, 0.6) is 11.8 Å². The van der Waals surface area contributed by atoms with Crippen LogP contribution in [0, 0.1) is 0 Å². The number of ketones is 1. The molecule has 2 amide bonds. The minimum atomic E-state index is -0.621. The van der Waals surface area contributed by atoms with E-state index in [0.717, 1.165) is 11.2 Å². The molecule has 1 unspecified atom stereocenters. The number of hydrogen-bond acceptors (Lipinski definition) is 9. The number of ether oxygens (including phenoxy) is 3. The van der Waals surface area contributed by atoms with E-state index in [1.54, 1.807) is 45.6 Å². The Balaban J connectivity index is 1.24. The SMILES string of the molecule is CNC(=O)C1CN(CC(=O)CCC(=O)N(C)c2ccc(Cl)c(COc3cccc4c3nc(OC)n4Cc3ccccn3)c2Cl)CCO1. The van der Waals surface area contributed by atoms with Crippen LogP contribution in [0.1, 0.15) is 24.1 Å². The minimum Gasteiger partial charge on any atom is -0.486 e. The van der Waals surface area contributed by atoms with Gasteiger partial charge >= 0.3 is 0 Å². The number of halogens is 2. The first-order valence-corrected chi connectivity index (χ1v) is 15.8. The highest BCUT2D eigenvalue weighted by atomic mass is 35.5. The number of anilines is 1. The number of fused-ring (bicyclic) bond motifs is 1. The van der Waals surface area contributed by atoms with Gasteiger partial charge in [-0.2, -0.15) is 4.98 Å². The van der Waals surface area contributed by atoms with Crippen LogP contribution in [0.15, 0.2) is 54.7 Å². The van der Waals surface area contributed by atoms with E-state index in [1.807, 2.05) is 39.8 Å². The number of imidazole rings is 1. The maximum Gasteiger partial charge on any atom is 0.297 e. The average Bonchev–Trinajstić information content (AvgIpc) is 3.44. The number of para-hydroxylation sites is 1. The van der Waals surface area contributed by atoms with Gasteiger partial charge in [-0.15, -0.1) is 0 Å². The molecule has 1 aliphatic heterocycles. The molecule has 5 rings (SSSR count). The highest BCUT2D eigenvalue weighted by Gasteiger charge is 2.27. The summed E-state index contributed by atoms with van der Waals surface area (Å²) in [5, 5.41) is 3.20.